The highest BCUT2D eigenvalue weighted by Gasteiger charge is 2.31. The maximum Gasteiger partial charge on any atom is 0.407 e. The summed E-state index contributed by atoms with van der Waals surface area (Å²) >= 11 is 0. The van der Waals surface area contributed by atoms with Gasteiger partial charge in [-0.2, -0.15) is 0 Å². The summed E-state index contributed by atoms with van der Waals surface area (Å²) < 4.78 is 5.61. The van der Waals surface area contributed by atoms with Crippen LogP contribution in [0.1, 0.15) is 37.3 Å². The van der Waals surface area contributed by atoms with E-state index >= 15 is 0 Å². The smallest absolute Gasteiger partial charge is 0.407 e. The molecule has 0 bridgehead atoms. The van der Waals surface area contributed by atoms with Crippen LogP contribution in [0.4, 0.5) is 4.79 Å². The largest absolute Gasteiger partial charge is 0.481 e. The summed E-state index contributed by atoms with van der Waals surface area (Å²) in [5.74, 6) is -1.39. The van der Waals surface area contributed by atoms with E-state index in [1.807, 2.05) is 50.2 Å². The number of carboxylic acid groups (broad SMARTS) is 1. The van der Waals surface area contributed by atoms with Gasteiger partial charge in [0.2, 0.25) is 5.91 Å². The Bertz CT molecular complexity index is 991. The molecule has 0 heterocycles. The Morgan fingerprint density at radius 1 is 1.00 bits per heavy atom. The van der Waals surface area contributed by atoms with Gasteiger partial charge in [0.15, 0.2) is 0 Å². The van der Waals surface area contributed by atoms with Crippen molar-refractivity contribution in [2.75, 3.05) is 33.8 Å². The third-order valence-corrected chi connectivity index (χ3v) is 5.95. The fourth-order valence-electron chi connectivity index (χ4n) is 4.37. The van der Waals surface area contributed by atoms with Crippen LogP contribution >= 0.6 is 0 Å². The Morgan fingerprint density at radius 2 is 1.56 bits per heavy atom. The Morgan fingerprint density at radius 3 is 2.06 bits per heavy atom. The molecule has 0 saturated carbocycles. The van der Waals surface area contributed by atoms with E-state index in [9.17, 15) is 14.4 Å². The zero-order valence-corrected chi connectivity index (χ0v) is 20.2. The van der Waals surface area contributed by atoms with E-state index in [-0.39, 0.29) is 44.0 Å². The maximum absolute atomic E-state index is 13.2. The van der Waals surface area contributed by atoms with Gasteiger partial charge in [-0.3, -0.25) is 9.59 Å². The van der Waals surface area contributed by atoms with Crippen LogP contribution in [0.2, 0.25) is 0 Å². The molecule has 2 aromatic rings. The van der Waals surface area contributed by atoms with Crippen LogP contribution in [0, 0.1) is 0 Å². The number of fused-ring (bicyclic) bond motifs is 3. The number of likely N-dealkylation sites (N-methyl/N-ethyl adjacent to an activating group) is 1. The molecule has 8 nitrogen and oxygen atoms in total. The molecule has 0 radical (unpaired) electrons. The molecule has 0 fully saturated rings. The Kier molecular flexibility index (Phi) is 8.28. The minimum atomic E-state index is -0.980. The molecule has 182 valence electrons. The van der Waals surface area contributed by atoms with E-state index in [1.54, 1.807) is 19.0 Å². The zero-order valence-electron chi connectivity index (χ0n) is 20.2. The molecular weight excluding hydrogens is 434 g/mol. The van der Waals surface area contributed by atoms with Gasteiger partial charge >= 0.3 is 12.1 Å². The molecule has 1 aliphatic carbocycles. The molecule has 0 saturated heterocycles. The molecule has 0 aliphatic heterocycles. The normalized spacial score (nSPS) is 13.4. The number of hydrogen-bond donors (Lipinski definition) is 2. The lowest BCUT2D eigenvalue weighted by atomic mass is 9.98. The second kappa shape index (κ2) is 11.2. The minimum absolute atomic E-state index is 0.0716. The van der Waals surface area contributed by atoms with Crippen molar-refractivity contribution < 1.29 is 24.2 Å². The second-order valence-corrected chi connectivity index (χ2v) is 9.05. The molecule has 0 unspecified atom stereocenters. The number of alkyl carbamates (subject to hydrolysis) is 1. The number of ether oxygens (including phenoxy) is 1. The van der Waals surface area contributed by atoms with Crippen molar-refractivity contribution in [1.82, 2.24) is 15.1 Å². The highest BCUT2D eigenvalue weighted by atomic mass is 16.5. The third kappa shape index (κ3) is 5.94. The highest BCUT2D eigenvalue weighted by Crippen LogP contribution is 2.44. The summed E-state index contributed by atoms with van der Waals surface area (Å²) in [7, 11) is 3.60. The van der Waals surface area contributed by atoms with Crippen molar-refractivity contribution in [2.45, 2.75) is 38.3 Å². The average molecular weight is 468 g/mol. The predicted molar refractivity (Wildman–Crippen MR) is 130 cm³/mol. The van der Waals surface area contributed by atoms with E-state index in [2.05, 4.69) is 17.4 Å². The molecule has 2 N–H and O–H groups in total. The molecule has 0 spiro atoms. The number of amides is 2. The summed E-state index contributed by atoms with van der Waals surface area (Å²) in [5, 5.41) is 11.7. The standard InChI is InChI=1S/C26H33N3O5/c1-17(2)29(14-13-24(30)31)25(32)23(15-28(3)4)27-26(33)34-16-22-20-11-7-5-9-18(20)19-10-6-8-12-21(19)22/h5-12,17,22-23H,13-16H2,1-4H3,(H,27,33)(H,30,31)/t23-/m0/s1. The summed E-state index contributed by atoms with van der Waals surface area (Å²) in [6.07, 6.45) is -0.840. The van der Waals surface area contributed by atoms with Crippen molar-refractivity contribution in [3.8, 4) is 11.1 Å². The van der Waals surface area contributed by atoms with E-state index in [0.717, 1.165) is 22.3 Å². The number of nitrogens with one attached hydrogen (secondary N) is 1. The first-order valence-electron chi connectivity index (χ1n) is 11.5. The first-order chi connectivity index (χ1) is 16.2. The van der Waals surface area contributed by atoms with Gasteiger partial charge in [-0.1, -0.05) is 48.5 Å². The molecule has 8 heteroatoms. The molecule has 0 aromatic heterocycles. The summed E-state index contributed by atoms with van der Waals surface area (Å²) in [6, 6.07) is 15.1. The minimum Gasteiger partial charge on any atom is -0.481 e. The number of carboxylic acids is 1. The lowest BCUT2D eigenvalue weighted by Crippen LogP contribution is -2.55. The number of nitrogens with zero attached hydrogens (tertiary/aromatic N) is 2. The number of benzene rings is 2. The van der Waals surface area contributed by atoms with Crippen LogP contribution in [0.15, 0.2) is 48.5 Å². The first-order valence-corrected chi connectivity index (χ1v) is 11.5. The molecule has 1 atom stereocenters. The van der Waals surface area contributed by atoms with Crippen LogP contribution in [0.25, 0.3) is 11.1 Å². The van der Waals surface area contributed by atoms with Crippen LogP contribution in [-0.4, -0.2) is 78.8 Å². The van der Waals surface area contributed by atoms with Gasteiger partial charge in [-0.05, 0) is 50.2 Å². The topological polar surface area (TPSA) is 99.2 Å². The molecule has 1 aliphatic rings. The van der Waals surface area contributed by atoms with Gasteiger partial charge < -0.3 is 25.0 Å². The lowest BCUT2D eigenvalue weighted by Gasteiger charge is -2.31. The van der Waals surface area contributed by atoms with Crippen molar-refractivity contribution >= 4 is 18.0 Å². The number of carbonyl (C=O) groups is 3. The third-order valence-electron chi connectivity index (χ3n) is 5.95. The summed E-state index contributed by atoms with van der Waals surface area (Å²) in [5.41, 5.74) is 4.49. The van der Waals surface area contributed by atoms with Crippen LogP contribution < -0.4 is 5.32 Å². The van der Waals surface area contributed by atoms with Crippen molar-refractivity contribution in [3.63, 3.8) is 0 Å². The van der Waals surface area contributed by atoms with Gasteiger partial charge in [0, 0.05) is 25.0 Å². The van der Waals surface area contributed by atoms with Crippen molar-refractivity contribution in [3.05, 3.63) is 59.7 Å². The van der Waals surface area contributed by atoms with Crippen molar-refractivity contribution in [2.24, 2.45) is 0 Å². The monoisotopic (exact) mass is 467 g/mol. The van der Waals surface area contributed by atoms with Gasteiger partial charge in [0.25, 0.3) is 0 Å². The van der Waals surface area contributed by atoms with Crippen LogP contribution in [0.5, 0.6) is 0 Å². The van der Waals surface area contributed by atoms with Gasteiger partial charge in [-0.15, -0.1) is 0 Å². The molecule has 34 heavy (non-hydrogen) atoms. The SMILES string of the molecule is CC(C)N(CCC(=O)O)C(=O)[C@H](CN(C)C)NC(=O)OCC1c2ccccc2-c2ccccc21. The fraction of sp³-hybridized carbons (Fsp3) is 0.423. The fourth-order valence-corrected chi connectivity index (χ4v) is 4.37. The predicted octanol–water partition coefficient (Wildman–Crippen LogP) is 3.17. The average Bonchev–Trinajstić information content (AvgIpc) is 3.10. The summed E-state index contributed by atoms with van der Waals surface area (Å²) in [6.45, 7) is 4.12. The Labute approximate surface area is 200 Å². The molecular formula is C26H33N3O5. The quantitative estimate of drug-likeness (QED) is 0.557. The number of rotatable bonds is 10. The lowest BCUT2D eigenvalue weighted by molar-refractivity contribution is -0.140. The van der Waals surface area contributed by atoms with Crippen LogP contribution in [0.3, 0.4) is 0 Å². The van der Waals surface area contributed by atoms with E-state index in [0.29, 0.717) is 0 Å². The highest BCUT2D eigenvalue weighted by molar-refractivity contribution is 5.86. The molecule has 2 aromatic carbocycles. The second-order valence-electron chi connectivity index (χ2n) is 9.05. The number of aliphatic carboxylic acids is 1. The Balaban J connectivity index is 1.69. The molecule has 2 amide bonds. The zero-order chi connectivity index (χ0) is 24.8. The van der Waals surface area contributed by atoms with Gasteiger partial charge in [0.1, 0.15) is 12.6 Å². The maximum atomic E-state index is 13.2. The summed E-state index contributed by atoms with van der Waals surface area (Å²) in [4.78, 5) is 40.3. The Hall–Kier alpha value is -3.39. The van der Waals surface area contributed by atoms with Gasteiger partial charge in [-0.25, -0.2) is 4.79 Å². The number of hydrogen-bond acceptors (Lipinski definition) is 5. The van der Waals surface area contributed by atoms with Gasteiger partial charge in [0.05, 0.1) is 6.42 Å². The van der Waals surface area contributed by atoms with E-state index in [1.165, 1.54) is 4.90 Å². The molecule has 3 rings (SSSR count). The van der Waals surface area contributed by atoms with Crippen molar-refractivity contribution in [1.29, 1.82) is 0 Å². The van der Waals surface area contributed by atoms with Crippen LogP contribution in [-0.2, 0) is 14.3 Å². The van der Waals surface area contributed by atoms with E-state index in [4.69, 9.17) is 9.84 Å². The van der Waals surface area contributed by atoms with E-state index < -0.39 is 18.1 Å². The first kappa shape index (κ1) is 25.2. The number of carbonyl (C=O) groups excluding carboxylic acids is 2.